The van der Waals surface area contributed by atoms with Crippen molar-refractivity contribution >= 4 is 32.6 Å². The lowest BCUT2D eigenvalue weighted by atomic mass is 10.0. The van der Waals surface area contributed by atoms with Gasteiger partial charge in [-0.1, -0.05) is 23.5 Å². The number of nitrogens with zero attached hydrogens (tertiary/aromatic N) is 2. The fourth-order valence-corrected chi connectivity index (χ4v) is 3.95. The van der Waals surface area contributed by atoms with Gasteiger partial charge in [-0.2, -0.15) is 0 Å². The molecule has 0 bridgehead atoms. The van der Waals surface area contributed by atoms with E-state index in [1.807, 2.05) is 18.2 Å². The molecule has 3 rings (SSSR count). The van der Waals surface area contributed by atoms with Gasteiger partial charge in [0, 0.05) is 53.1 Å². The van der Waals surface area contributed by atoms with Crippen molar-refractivity contribution in [3.63, 3.8) is 0 Å². The summed E-state index contributed by atoms with van der Waals surface area (Å²) in [6.07, 6.45) is 3.22. The van der Waals surface area contributed by atoms with Gasteiger partial charge in [-0.15, -0.1) is 0 Å². The quantitative estimate of drug-likeness (QED) is 0.320. The predicted octanol–water partition coefficient (Wildman–Crippen LogP) is 2.71. The highest BCUT2D eigenvalue weighted by Crippen LogP contribution is 2.24. The summed E-state index contributed by atoms with van der Waals surface area (Å²) in [5, 5.41) is 11.0. The Kier molecular flexibility index (Phi) is 8.80. The zero-order valence-electron chi connectivity index (χ0n) is 16.6. The second-order valence-electron chi connectivity index (χ2n) is 6.82. The molecule has 1 aromatic carbocycles. The first-order valence-corrected chi connectivity index (χ1v) is 10.9. The summed E-state index contributed by atoms with van der Waals surface area (Å²) in [5.41, 5.74) is 1.04. The minimum Gasteiger partial charge on any atom is -0.381 e. The van der Waals surface area contributed by atoms with Crippen molar-refractivity contribution in [2.75, 3.05) is 58.4 Å². The van der Waals surface area contributed by atoms with Gasteiger partial charge in [-0.05, 0) is 37.3 Å². The normalized spacial score (nSPS) is 15.7. The minimum atomic E-state index is 0.666. The Labute approximate surface area is 170 Å². The van der Waals surface area contributed by atoms with Gasteiger partial charge in [0.1, 0.15) is 0 Å². The van der Waals surface area contributed by atoms with Crippen molar-refractivity contribution in [3.8, 4) is 0 Å². The van der Waals surface area contributed by atoms with E-state index in [1.54, 1.807) is 18.4 Å². The molecular weight excluding hydrogens is 374 g/mol. The maximum absolute atomic E-state index is 5.79. The van der Waals surface area contributed by atoms with Crippen molar-refractivity contribution in [2.24, 2.45) is 10.9 Å². The number of anilines is 1. The van der Waals surface area contributed by atoms with Crippen LogP contribution in [0.5, 0.6) is 0 Å². The number of aromatic nitrogens is 1. The van der Waals surface area contributed by atoms with Crippen LogP contribution in [0.3, 0.4) is 0 Å². The number of guanidine groups is 1. The van der Waals surface area contributed by atoms with Crippen LogP contribution in [-0.4, -0.2) is 64.1 Å². The molecule has 0 radical (unpaired) electrons. The van der Waals surface area contributed by atoms with Gasteiger partial charge >= 0.3 is 0 Å². The molecule has 1 aromatic heterocycles. The predicted molar refractivity (Wildman–Crippen MR) is 116 cm³/mol. The first-order valence-electron chi connectivity index (χ1n) is 10.0. The van der Waals surface area contributed by atoms with Gasteiger partial charge in [-0.25, -0.2) is 4.98 Å². The van der Waals surface area contributed by atoms with Crippen LogP contribution in [-0.2, 0) is 9.47 Å². The highest BCUT2D eigenvalue weighted by Gasteiger charge is 2.13. The van der Waals surface area contributed by atoms with E-state index in [9.17, 15) is 0 Å². The molecule has 154 valence electrons. The Hall–Kier alpha value is -1.90. The van der Waals surface area contributed by atoms with Crippen LogP contribution in [0, 0.1) is 5.92 Å². The standard InChI is InChI=1S/C20H31N5O2S/c1-21-19(22-9-4-12-27-15-16-7-13-26-14-8-16)23-10-11-24-20-25-17-5-2-3-6-18(17)28-20/h2-3,5-6,16H,4,7-15H2,1H3,(H,24,25)(H2,21,22,23). The zero-order chi connectivity index (χ0) is 19.4. The maximum Gasteiger partial charge on any atom is 0.191 e. The first kappa shape index (κ1) is 20.8. The van der Waals surface area contributed by atoms with E-state index in [2.05, 4.69) is 32.0 Å². The van der Waals surface area contributed by atoms with Crippen LogP contribution in [0.2, 0.25) is 0 Å². The highest BCUT2D eigenvalue weighted by molar-refractivity contribution is 7.22. The number of aliphatic imine (C=N–C) groups is 1. The maximum atomic E-state index is 5.79. The Morgan fingerprint density at radius 2 is 2.04 bits per heavy atom. The number of hydrogen-bond donors (Lipinski definition) is 3. The smallest absolute Gasteiger partial charge is 0.191 e. The molecule has 0 aliphatic carbocycles. The van der Waals surface area contributed by atoms with E-state index < -0.39 is 0 Å². The topological polar surface area (TPSA) is 79.8 Å². The molecule has 3 N–H and O–H groups in total. The second-order valence-corrected chi connectivity index (χ2v) is 7.85. The molecule has 8 heteroatoms. The number of rotatable bonds is 10. The van der Waals surface area contributed by atoms with Gasteiger partial charge in [0.15, 0.2) is 11.1 Å². The fraction of sp³-hybridized carbons (Fsp3) is 0.600. The van der Waals surface area contributed by atoms with E-state index in [-0.39, 0.29) is 0 Å². The summed E-state index contributed by atoms with van der Waals surface area (Å²) < 4.78 is 12.4. The van der Waals surface area contributed by atoms with Gasteiger partial charge < -0.3 is 25.4 Å². The van der Waals surface area contributed by atoms with Gasteiger partial charge in [-0.3, -0.25) is 4.99 Å². The van der Waals surface area contributed by atoms with Crippen LogP contribution in [0.25, 0.3) is 10.2 Å². The van der Waals surface area contributed by atoms with Gasteiger partial charge in [0.2, 0.25) is 0 Å². The molecule has 0 saturated carbocycles. The lowest BCUT2D eigenvalue weighted by Crippen LogP contribution is -2.40. The molecule has 1 aliphatic heterocycles. The molecule has 1 fully saturated rings. The summed E-state index contributed by atoms with van der Waals surface area (Å²) in [5.74, 6) is 1.48. The fourth-order valence-electron chi connectivity index (χ4n) is 3.06. The van der Waals surface area contributed by atoms with Crippen molar-refractivity contribution in [3.05, 3.63) is 24.3 Å². The van der Waals surface area contributed by atoms with Crippen molar-refractivity contribution in [1.29, 1.82) is 0 Å². The molecule has 2 aromatic rings. The molecule has 0 spiro atoms. The summed E-state index contributed by atoms with van der Waals surface area (Å²) in [6.45, 7) is 5.80. The lowest BCUT2D eigenvalue weighted by molar-refractivity contribution is 0.0203. The van der Waals surface area contributed by atoms with E-state index >= 15 is 0 Å². The monoisotopic (exact) mass is 405 g/mol. The Morgan fingerprint density at radius 3 is 2.86 bits per heavy atom. The summed E-state index contributed by atoms with van der Waals surface area (Å²) in [7, 11) is 1.79. The van der Waals surface area contributed by atoms with Crippen molar-refractivity contribution in [1.82, 2.24) is 15.6 Å². The summed E-state index contributed by atoms with van der Waals surface area (Å²) in [4.78, 5) is 8.83. The summed E-state index contributed by atoms with van der Waals surface area (Å²) >= 11 is 1.68. The summed E-state index contributed by atoms with van der Waals surface area (Å²) in [6, 6.07) is 8.18. The first-order chi connectivity index (χ1) is 13.8. The number of fused-ring (bicyclic) bond motifs is 1. The molecule has 28 heavy (non-hydrogen) atoms. The number of nitrogens with one attached hydrogen (secondary N) is 3. The van der Waals surface area contributed by atoms with E-state index in [4.69, 9.17) is 9.47 Å². The molecule has 7 nitrogen and oxygen atoms in total. The SMILES string of the molecule is CN=C(NCCCOCC1CCOCC1)NCCNc1nc2ccccc2s1. The number of benzene rings is 1. The number of ether oxygens (including phenoxy) is 2. The Balaban J connectivity index is 1.22. The van der Waals surface area contributed by atoms with Crippen LogP contribution in [0.4, 0.5) is 5.13 Å². The number of para-hydroxylation sites is 1. The highest BCUT2D eigenvalue weighted by atomic mass is 32.1. The zero-order valence-corrected chi connectivity index (χ0v) is 17.4. The second kappa shape index (κ2) is 11.8. The lowest BCUT2D eigenvalue weighted by Gasteiger charge is -2.21. The third-order valence-corrected chi connectivity index (χ3v) is 5.66. The molecular formula is C20H31N5O2S. The van der Waals surface area contributed by atoms with Crippen LogP contribution >= 0.6 is 11.3 Å². The largest absolute Gasteiger partial charge is 0.381 e. The molecule has 1 aliphatic rings. The third kappa shape index (κ3) is 6.92. The average molecular weight is 406 g/mol. The van der Waals surface area contributed by atoms with Crippen molar-refractivity contribution in [2.45, 2.75) is 19.3 Å². The Morgan fingerprint density at radius 1 is 1.21 bits per heavy atom. The number of hydrogen-bond acceptors (Lipinski definition) is 6. The van der Waals surface area contributed by atoms with Crippen LogP contribution < -0.4 is 16.0 Å². The Bertz CT molecular complexity index is 697. The van der Waals surface area contributed by atoms with E-state index in [0.717, 1.165) is 81.9 Å². The molecule has 0 amide bonds. The van der Waals surface area contributed by atoms with E-state index in [0.29, 0.717) is 5.92 Å². The molecule has 1 saturated heterocycles. The van der Waals surface area contributed by atoms with E-state index in [1.165, 1.54) is 4.70 Å². The van der Waals surface area contributed by atoms with Gasteiger partial charge in [0.05, 0.1) is 10.2 Å². The average Bonchev–Trinajstić information content (AvgIpc) is 3.15. The minimum absolute atomic E-state index is 0.666. The van der Waals surface area contributed by atoms with Gasteiger partial charge in [0.25, 0.3) is 0 Å². The van der Waals surface area contributed by atoms with Crippen molar-refractivity contribution < 1.29 is 9.47 Å². The number of thiazole rings is 1. The van der Waals surface area contributed by atoms with Crippen LogP contribution in [0.15, 0.2) is 29.3 Å². The third-order valence-electron chi connectivity index (χ3n) is 4.66. The molecule has 0 atom stereocenters. The van der Waals surface area contributed by atoms with Crippen LogP contribution in [0.1, 0.15) is 19.3 Å². The molecule has 0 unspecified atom stereocenters. The molecule has 2 heterocycles.